The van der Waals surface area contributed by atoms with Crippen molar-refractivity contribution >= 4 is 21.9 Å². The first kappa shape index (κ1) is 21.5. The maximum atomic E-state index is 10.7. The minimum Gasteiger partial charge on any atom is -0.507 e. The number of hydrogen-bond donors (Lipinski definition) is 2. The van der Waals surface area contributed by atoms with Crippen LogP contribution >= 0.6 is 15.9 Å². The van der Waals surface area contributed by atoms with Gasteiger partial charge in [0.1, 0.15) is 23.8 Å². The van der Waals surface area contributed by atoms with Gasteiger partial charge in [-0.2, -0.15) is 0 Å². The van der Waals surface area contributed by atoms with E-state index in [1.807, 2.05) is 36.4 Å². The highest BCUT2D eigenvalue weighted by molar-refractivity contribution is 9.10. The van der Waals surface area contributed by atoms with E-state index in [-0.39, 0.29) is 11.7 Å². The van der Waals surface area contributed by atoms with Crippen LogP contribution in [0.2, 0.25) is 0 Å². The van der Waals surface area contributed by atoms with Crippen LogP contribution < -0.4 is 19.9 Å². The Bertz CT molecular complexity index is 1230. The quantitative estimate of drug-likeness (QED) is 0.346. The van der Waals surface area contributed by atoms with Gasteiger partial charge in [0.05, 0.1) is 13.3 Å². The number of phenols is 1. The normalized spacial score (nSPS) is 10.6. The lowest BCUT2D eigenvalue weighted by molar-refractivity contribution is 0.304. The molecule has 0 radical (unpaired) electrons. The van der Waals surface area contributed by atoms with Crippen LogP contribution in [0.15, 0.2) is 77.4 Å². The van der Waals surface area contributed by atoms with Crippen LogP contribution in [-0.2, 0) is 6.61 Å². The van der Waals surface area contributed by atoms with E-state index < -0.39 is 0 Å². The standard InChI is InChI=1S/C24H20BrN3O4/c1-30-20-4-2-3-5-21(20)32-22-13-27-24(26)28-23(22)18-11-10-17(12-19(18)29)31-14-15-6-8-16(25)9-7-15/h2-13,29H,14H2,1H3,(H2,26,27,28). The molecule has 0 saturated heterocycles. The molecule has 8 heteroatoms. The van der Waals surface area contributed by atoms with E-state index in [1.165, 1.54) is 12.3 Å². The zero-order valence-electron chi connectivity index (χ0n) is 17.2. The zero-order valence-corrected chi connectivity index (χ0v) is 18.7. The molecule has 3 aromatic carbocycles. The van der Waals surface area contributed by atoms with Crippen molar-refractivity contribution in [1.82, 2.24) is 9.97 Å². The molecule has 0 aliphatic rings. The Morgan fingerprint density at radius 3 is 2.44 bits per heavy atom. The summed E-state index contributed by atoms with van der Waals surface area (Å²) in [4.78, 5) is 8.31. The Labute approximate surface area is 193 Å². The van der Waals surface area contributed by atoms with Crippen LogP contribution in [-0.4, -0.2) is 22.2 Å². The number of phenolic OH excluding ortho intramolecular Hbond substituents is 1. The number of hydrogen-bond acceptors (Lipinski definition) is 7. The summed E-state index contributed by atoms with van der Waals surface area (Å²) in [6.45, 7) is 0.370. The van der Waals surface area contributed by atoms with Crippen molar-refractivity contribution in [2.75, 3.05) is 12.8 Å². The molecule has 4 aromatic rings. The van der Waals surface area contributed by atoms with Crippen LogP contribution in [0, 0.1) is 0 Å². The topological polar surface area (TPSA) is 99.7 Å². The summed E-state index contributed by atoms with van der Waals surface area (Å²) in [7, 11) is 1.56. The molecule has 0 bridgehead atoms. The number of ether oxygens (including phenoxy) is 3. The Hall–Kier alpha value is -3.78. The summed E-state index contributed by atoms with van der Waals surface area (Å²) in [6, 6.07) is 20.0. The fourth-order valence-corrected chi connectivity index (χ4v) is 3.29. The molecule has 32 heavy (non-hydrogen) atoms. The number of aromatic hydroxyl groups is 1. The van der Waals surface area contributed by atoms with Crippen molar-refractivity contribution in [1.29, 1.82) is 0 Å². The van der Waals surface area contributed by atoms with Gasteiger partial charge in [-0.15, -0.1) is 0 Å². The minimum absolute atomic E-state index is 0.0266. The maximum absolute atomic E-state index is 10.7. The first-order chi connectivity index (χ1) is 15.5. The van der Waals surface area contributed by atoms with Crippen LogP contribution in [0.4, 0.5) is 5.95 Å². The maximum Gasteiger partial charge on any atom is 0.220 e. The highest BCUT2D eigenvalue weighted by Gasteiger charge is 2.17. The number of methoxy groups -OCH3 is 1. The molecule has 1 heterocycles. The molecule has 0 aliphatic heterocycles. The SMILES string of the molecule is COc1ccccc1Oc1cnc(N)nc1-c1ccc(OCc2ccc(Br)cc2)cc1O. The first-order valence-electron chi connectivity index (χ1n) is 9.67. The Morgan fingerprint density at radius 2 is 1.72 bits per heavy atom. The van der Waals surface area contributed by atoms with Gasteiger partial charge in [0.2, 0.25) is 5.95 Å². The minimum atomic E-state index is -0.0266. The summed E-state index contributed by atoms with van der Waals surface area (Å²) in [5, 5.41) is 10.7. The highest BCUT2D eigenvalue weighted by Crippen LogP contribution is 2.40. The molecule has 0 saturated carbocycles. The van der Waals surface area contributed by atoms with Gasteiger partial charge < -0.3 is 25.1 Å². The molecular formula is C24H20BrN3O4. The fourth-order valence-electron chi connectivity index (χ4n) is 3.02. The lowest BCUT2D eigenvalue weighted by atomic mass is 10.1. The Morgan fingerprint density at radius 1 is 0.969 bits per heavy atom. The number of nitrogen functional groups attached to an aromatic ring is 1. The van der Waals surface area contributed by atoms with Crippen molar-refractivity contribution in [3.05, 3.63) is 83.0 Å². The van der Waals surface area contributed by atoms with E-state index in [9.17, 15) is 5.11 Å². The van der Waals surface area contributed by atoms with E-state index in [2.05, 4.69) is 25.9 Å². The summed E-state index contributed by atoms with van der Waals surface area (Å²) < 4.78 is 18.1. The second kappa shape index (κ2) is 9.57. The predicted molar refractivity (Wildman–Crippen MR) is 125 cm³/mol. The van der Waals surface area contributed by atoms with Crippen molar-refractivity contribution in [3.8, 4) is 40.0 Å². The molecule has 0 amide bonds. The van der Waals surface area contributed by atoms with Crippen LogP contribution in [0.3, 0.4) is 0 Å². The van der Waals surface area contributed by atoms with E-state index in [4.69, 9.17) is 19.9 Å². The van der Waals surface area contributed by atoms with Crippen LogP contribution in [0.25, 0.3) is 11.3 Å². The third-order valence-corrected chi connectivity index (χ3v) is 5.13. The summed E-state index contributed by atoms with van der Waals surface area (Å²) in [5.41, 5.74) is 7.59. The molecule has 3 N–H and O–H groups in total. The molecule has 1 aromatic heterocycles. The van der Waals surface area contributed by atoms with Gasteiger partial charge in [-0.3, -0.25) is 0 Å². The third kappa shape index (κ3) is 4.92. The van der Waals surface area contributed by atoms with E-state index in [0.29, 0.717) is 40.9 Å². The van der Waals surface area contributed by atoms with Crippen LogP contribution in [0.5, 0.6) is 28.7 Å². The van der Waals surface area contributed by atoms with Crippen LogP contribution in [0.1, 0.15) is 5.56 Å². The summed E-state index contributed by atoms with van der Waals surface area (Å²) in [5.74, 6) is 1.91. The number of halogens is 1. The number of benzene rings is 3. The Kier molecular flexibility index (Phi) is 6.42. The number of aromatic nitrogens is 2. The predicted octanol–water partition coefficient (Wildman–Crippen LogP) is 5.57. The average Bonchev–Trinajstić information content (AvgIpc) is 2.80. The average molecular weight is 494 g/mol. The third-order valence-electron chi connectivity index (χ3n) is 4.61. The summed E-state index contributed by atoms with van der Waals surface area (Å²) in [6.07, 6.45) is 1.46. The first-order valence-corrected chi connectivity index (χ1v) is 10.5. The molecule has 0 aliphatic carbocycles. The molecule has 0 atom stereocenters. The van der Waals surface area contributed by atoms with E-state index >= 15 is 0 Å². The fraction of sp³-hybridized carbons (Fsp3) is 0.0833. The second-order valence-corrected chi connectivity index (χ2v) is 7.70. The van der Waals surface area contributed by atoms with Gasteiger partial charge in [-0.1, -0.05) is 40.2 Å². The lowest BCUT2D eigenvalue weighted by Gasteiger charge is -2.14. The van der Waals surface area contributed by atoms with E-state index in [1.54, 1.807) is 31.4 Å². The van der Waals surface area contributed by atoms with Crippen molar-refractivity contribution < 1.29 is 19.3 Å². The number of para-hydroxylation sites is 2. The monoisotopic (exact) mass is 493 g/mol. The molecule has 0 unspecified atom stereocenters. The molecule has 4 rings (SSSR count). The van der Waals surface area contributed by atoms with Gasteiger partial charge in [0, 0.05) is 16.1 Å². The Balaban J connectivity index is 1.60. The highest BCUT2D eigenvalue weighted by atomic mass is 79.9. The lowest BCUT2D eigenvalue weighted by Crippen LogP contribution is -2.00. The summed E-state index contributed by atoms with van der Waals surface area (Å²) >= 11 is 3.41. The second-order valence-electron chi connectivity index (χ2n) is 6.79. The smallest absolute Gasteiger partial charge is 0.220 e. The van der Waals surface area contributed by atoms with E-state index in [0.717, 1.165) is 10.0 Å². The molecule has 0 spiro atoms. The largest absolute Gasteiger partial charge is 0.507 e. The van der Waals surface area contributed by atoms with Gasteiger partial charge in [-0.05, 0) is 42.0 Å². The number of nitrogens with zero attached hydrogens (tertiary/aromatic N) is 2. The van der Waals surface area contributed by atoms with Crippen molar-refractivity contribution in [2.24, 2.45) is 0 Å². The molecule has 0 fully saturated rings. The van der Waals surface area contributed by atoms with Gasteiger partial charge in [0.15, 0.2) is 17.2 Å². The zero-order chi connectivity index (χ0) is 22.5. The van der Waals surface area contributed by atoms with Gasteiger partial charge in [-0.25, -0.2) is 9.97 Å². The number of rotatable bonds is 7. The van der Waals surface area contributed by atoms with Gasteiger partial charge in [0.25, 0.3) is 0 Å². The van der Waals surface area contributed by atoms with Crippen molar-refractivity contribution in [3.63, 3.8) is 0 Å². The van der Waals surface area contributed by atoms with Gasteiger partial charge >= 0.3 is 0 Å². The number of nitrogens with two attached hydrogens (primary N) is 1. The number of anilines is 1. The molecule has 162 valence electrons. The van der Waals surface area contributed by atoms with Crippen molar-refractivity contribution in [2.45, 2.75) is 6.61 Å². The molecule has 7 nitrogen and oxygen atoms in total. The molecular weight excluding hydrogens is 474 g/mol.